The molecule has 4 aromatic carbocycles. The largest absolute Gasteiger partial charge is 0.444 e. The Morgan fingerprint density at radius 2 is 1.56 bits per heavy atom. The zero-order valence-corrected chi connectivity index (χ0v) is 32.2. The molecule has 2 aliphatic heterocycles. The molecule has 11 nitrogen and oxygen atoms in total. The monoisotopic (exact) mass is 744 g/mol. The SMILES string of the molecule is Cc1ccc(NC(=O)c2ccc(CN3CCN(C)CC3)c(F)c2)cc1-c1ccc2nc(Nc3ccc(N4CCN(C(=O)OC(C)(C)C)CC4)cc3)ncc2c1. The predicted octanol–water partition coefficient (Wildman–Crippen LogP) is 7.54. The van der Waals surface area contributed by atoms with Gasteiger partial charge in [-0.05, 0) is 112 Å². The second kappa shape index (κ2) is 16.0. The summed E-state index contributed by atoms with van der Waals surface area (Å²) < 4.78 is 20.6. The van der Waals surface area contributed by atoms with Crippen molar-refractivity contribution in [1.82, 2.24) is 24.7 Å². The summed E-state index contributed by atoms with van der Waals surface area (Å²) in [5, 5.41) is 7.15. The van der Waals surface area contributed by atoms with Crippen LogP contribution in [0.25, 0.3) is 22.0 Å². The number of anilines is 4. The first kappa shape index (κ1) is 37.7. The lowest BCUT2D eigenvalue weighted by atomic mass is 9.98. The second-order valence-corrected chi connectivity index (χ2v) is 15.5. The molecule has 5 aromatic rings. The van der Waals surface area contributed by atoms with Gasteiger partial charge in [-0.1, -0.05) is 18.2 Å². The quantitative estimate of drug-likeness (QED) is 0.167. The number of benzene rings is 4. The van der Waals surface area contributed by atoms with Crippen LogP contribution in [0.15, 0.2) is 85.1 Å². The lowest BCUT2D eigenvalue weighted by molar-refractivity contribution is 0.0240. The van der Waals surface area contributed by atoms with Gasteiger partial charge in [0.05, 0.1) is 5.52 Å². The van der Waals surface area contributed by atoms with E-state index in [9.17, 15) is 9.59 Å². The Labute approximate surface area is 322 Å². The van der Waals surface area contributed by atoms with Crippen LogP contribution in [-0.2, 0) is 11.3 Å². The van der Waals surface area contributed by atoms with Crippen molar-refractivity contribution in [2.45, 2.75) is 39.8 Å². The highest BCUT2D eigenvalue weighted by atomic mass is 19.1. The van der Waals surface area contributed by atoms with Crippen molar-refractivity contribution >= 4 is 45.9 Å². The molecule has 1 aromatic heterocycles. The van der Waals surface area contributed by atoms with Crippen molar-refractivity contribution in [1.29, 1.82) is 0 Å². The highest BCUT2D eigenvalue weighted by Gasteiger charge is 2.26. The van der Waals surface area contributed by atoms with Gasteiger partial charge in [0.25, 0.3) is 5.91 Å². The minimum Gasteiger partial charge on any atom is -0.444 e. The van der Waals surface area contributed by atoms with Crippen LogP contribution >= 0.6 is 0 Å². The highest BCUT2D eigenvalue weighted by Crippen LogP contribution is 2.30. The number of fused-ring (bicyclic) bond motifs is 1. The number of carbonyl (C=O) groups excluding carboxylic acids is 2. The van der Waals surface area contributed by atoms with E-state index in [-0.39, 0.29) is 23.4 Å². The molecule has 2 saturated heterocycles. The lowest BCUT2D eigenvalue weighted by Gasteiger charge is -2.36. The second-order valence-electron chi connectivity index (χ2n) is 15.5. The smallest absolute Gasteiger partial charge is 0.410 e. The Morgan fingerprint density at radius 1 is 0.836 bits per heavy atom. The number of likely N-dealkylation sites (N-methyl/N-ethyl adjacent to an activating group) is 1. The molecule has 0 saturated carbocycles. The number of aromatic nitrogens is 2. The van der Waals surface area contributed by atoms with Gasteiger partial charge in [-0.15, -0.1) is 0 Å². The number of piperazine rings is 2. The maximum atomic E-state index is 15.1. The number of nitrogens with one attached hydrogen (secondary N) is 2. The van der Waals surface area contributed by atoms with Crippen LogP contribution in [0.2, 0.25) is 0 Å². The van der Waals surface area contributed by atoms with E-state index < -0.39 is 5.60 Å². The van der Waals surface area contributed by atoms with E-state index in [0.717, 1.165) is 78.2 Å². The standard InChI is InChI=1S/C43H49FN8O3/c1-29-6-10-35(46-40(53)31-7-8-32(38(44)25-31)28-50-18-16-49(5)17-19-50)26-37(29)30-9-15-39-33(24-30)27-45-41(48-39)47-34-11-13-36(14-12-34)51-20-22-52(23-21-51)42(54)55-43(2,3)4/h6-15,24-27H,16-23,28H2,1-5H3,(H,46,53)(H,45,47,48). The molecule has 55 heavy (non-hydrogen) atoms. The van der Waals surface area contributed by atoms with Crippen LogP contribution in [0, 0.1) is 12.7 Å². The van der Waals surface area contributed by atoms with Crippen molar-refractivity contribution in [3.05, 3.63) is 108 Å². The van der Waals surface area contributed by atoms with E-state index in [0.29, 0.717) is 36.8 Å². The summed E-state index contributed by atoms with van der Waals surface area (Å²) >= 11 is 0. The van der Waals surface area contributed by atoms with Crippen LogP contribution < -0.4 is 15.5 Å². The molecule has 0 unspecified atom stereocenters. The third-order valence-electron chi connectivity index (χ3n) is 10.1. The van der Waals surface area contributed by atoms with E-state index in [1.165, 1.54) is 6.07 Å². The first-order valence-corrected chi connectivity index (χ1v) is 18.9. The molecule has 2 fully saturated rings. The van der Waals surface area contributed by atoms with Gasteiger partial charge in [0, 0.05) is 98.7 Å². The molecular weight excluding hydrogens is 696 g/mol. The molecule has 7 rings (SSSR count). The lowest BCUT2D eigenvalue weighted by Crippen LogP contribution is -2.50. The average Bonchev–Trinajstić information content (AvgIpc) is 3.16. The van der Waals surface area contributed by atoms with E-state index in [2.05, 4.69) is 49.5 Å². The van der Waals surface area contributed by atoms with Gasteiger partial charge < -0.3 is 30.1 Å². The Kier molecular flexibility index (Phi) is 11.0. The van der Waals surface area contributed by atoms with Crippen molar-refractivity contribution < 1.29 is 18.7 Å². The van der Waals surface area contributed by atoms with Crippen LogP contribution in [0.4, 0.5) is 32.2 Å². The van der Waals surface area contributed by atoms with Crippen molar-refractivity contribution in [3.8, 4) is 11.1 Å². The molecule has 0 aliphatic carbocycles. The van der Waals surface area contributed by atoms with E-state index in [1.807, 2.05) is 76.2 Å². The van der Waals surface area contributed by atoms with Gasteiger partial charge in [-0.3, -0.25) is 9.69 Å². The molecule has 286 valence electrons. The Balaban J connectivity index is 0.966. The summed E-state index contributed by atoms with van der Waals surface area (Å²) in [7, 11) is 2.09. The third-order valence-corrected chi connectivity index (χ3v) is 10.1. The van der Waals surface area contributed by atoms with Gasteiger partial charge in [0.15, 0.2) is 0 Å². The molecule has 0 radical (unpaired) electrons. The molecule has 0 bridgehead atoms. The summed E-state index contributed by atoms with van der Waals surface area (Å²) in [6, 6.07) is 24.6. The van der Waals surface area contributed by atoms with E-state index in [1.54, 1.807) is 23.2 Å². The van der Waals surface area contributed by atoms with Crippen molar-refractivity contribution in [2.24, 2.45) is 0 Å². The molecule has 2 N–H and O–H groups in total. The summed E-state index contributed by atoms with van der Waals surface area (Å²) in [6.07, 6.45) is 1.53. The van der Waals surface area contributed by atoms with Gasteiger partial charge >= 0.3 is 6.09 Å². The Hall–Kier alpha value is -5.59. The number of nitrogens with zero attached hydrogens (tertiary/aromatic N) is 6. The molecule has 2 aliphatic rings. The number of rotatable bonds is 8. The fraction of sp³-hybridized carbons (Fsp3) is 0.349. The zero-order chi connectivity index (χ0) is 38.7. The molecule has 0 atom stereocenters. The van der Waals surface area contributed by atoms with Crippen LogP contribution in [-0.4, -0.2) is 102 Å². The normalized spacial score (nSPS) is 15.6. The van der Waals surface area contributed by atoms with Gasteiger partial charge in [0.1, 0.15) is 11.4 Å². The van der Waals surface area contributed by atoms with Crippen LogP contribution in [0.3, 0.4) is 0 Å². The predicted molar refractivity (Wildman–Crippen MR) is 217 cm³/mol. The topological polar surface area (TPSA) is 106 Å². The number of carbonyl (C=O) groups is 2. The molecule has 0 spiro atoms. The Morgan fingerprint density at radius 3 is 2.27 bits per heavy atom. The van der Waals surface area contributed by atoms with Crippen LogP contribution in [0.1, 0.15) is 42.3 Å². The number of ether oxygens (including phenoxy) is 1. The maximum absolute atomic E-state index is 15.1. The fourth-order valence-electron chi connectivity index (χ4n) is 6.90. The molecule has 3 heterocycles. The first-order chi connectivity index (χ1) is 26.4. The van der Waals surface area contributed by atoms with Gasteiger partial charge in [-0.2, -0.15) is 0 Å². The summed E-state index contributed by atoms with van der Waals surface area (Å²) in [6.45, 7) is 14.6. The maximum Gasteiger partial charge on any atom is 0.410 e. The first-order valence-electron chi connectivity index (χ1n) is 18.9. The zero-order valence-electron chi connectivity index (χ0n) is 32.2. The average molecular weight is 745 g/mol. The highest BCUT2D eigenvalue weighted by molar-refractivity contribution is 6.04. The third kappa shape index (κ3) is 9.38. The summed E-state index contributed by atoms with van der Waals surface area (Å²) in [5.41, 5.74) is 6.70. The minimum absolute atomic E-state index is 0.266. The number of halogens is 1. The van der Waals surface area contributed by atoms with Crippen LogP contribution in [0.5, 0.6) is 0 Å². The van der Waals surface area contributed by atoms with Crippen molar-refractivity contribution in [3.63, 3.8) is 0 Å². The van der Waals surface area contributed by atoms with Gasteiger partial charge in [-0.25, -0.2) is 19.2 Å². The molecule has 12 heteroatoms. The summed E-state index contributed by atoms with van der Waals surface area (Å²) in [5.74, 6) is -0.238. The van der Waals surface area contributed by atoms with Crippen molar-refractivity contribution in [2.75, 3.05) is 74.9 Å². The number of hydrogen-bond acceptors (Lipinski definition) is 9. The summed E-state index contributed by atoms with van der Waals surface area (Å²) in [4.78, 5) is 43.5. The van der Waals surface area contributed by atoms with E-state index >= 15 is 4.39 Å². The van der Waals surface area contributed by atoms with Gasteiger partial charge in [0.2, 0.25) is 5.95 Å². The number of aryl methyl sites for hydroxylation is 1. The number of amides is 2. The minimum atomic E-state index is -0.507. The fourth-order valence-corrected chi connectivity index (χ4v) is 6.90. The Bertz CT molecular complexity index is 2170. The number of hydrogen-bond donors (Lipinski definition) is 2. The molecular formula is C43H49FN8O3. The molecule has 2 amide bonds. The van der Waals surface area contributed by atoms with E-state index in [4.69, 9.17) is 9.72 Å².